The summed E-state index contributed by atoms with van der Waals surface area (Å²) in [7, 11) is 3.54. The summed E-state index contributed by atoms with van der Waals surface area (Å²) in [6, 6.07) is 1.85. The predicted octanol–water partition coefficient (Wildman–Crippen LogP) is 1.80. The van der Waals surface area contributed by atoms with Gasteiger partial charge in [-0.2, -0.15) is 0 Å². The van der Waals surface area contributed by atoms with Gasteiger partial charge in [0.05, 0.1) is 20.7 Å². The number of halogens is 1. The SMILES string of the molecule is C=C(C)C(C(=O)OCOC(=O)C(C)(C)C)N1C(=O)C(NC(=O)c2ccc([N+](=O)[O-])cc2)C1[S+]([O-])Cl. The van der Waals surface area contributed by atoms with E-state index < -0.39 is 68.7 Å². The van der Waals surface area contributed by atoms with E-state index in [0.717, 1.165) is 17.0 Å². The van der Waals surface area contributed by atoms with E-state index in [1.165, 1.54) is 19.1 Å². The van der Waals surface area contributed by atoms with E-state index in [1.807, 2.05) is 0 Å². The number of esters is 2. The number of hydrogen-bond donors (Lipinski definition) is 1. The van der Waals surface area contributed by atoms with Crippen molar-refractivity contribution in [2.24, 2.45) is 5.41 Å². The van der Waals surface area contributed by atoms with Crippen molar-refractivity contribution in [2.75, 3.05) is 6.79 Å². The first-order valence-electron chi connectivity index (χ1n) is 10.1. The maximum Gasteiger partial charge on any atom is 0.336 e. The molecule has 4 atom stereocenters. The fourth-order valence-corrected chi connectivity index (χ4v) is 4.41. The number of non-ortho nitro benzene ring substituents is 1. The van der Waals surface area contributed by atoms with Gasteiger partial charge in [0.2, 0.25) is 12.2 Å². The van der Waals surface area contributed by atoms with Crippen molar-refractivity contribution in [3.05, 3.63) is 52.1 Å². The molecule has 0 saturated carbocycles. The Morgan fingerprint density at radius 3 is 2.29 bits per heavy atom. The van der Waals surface area contributed by atoms with Crippen molar-refractivity contribution in [3.63, 3.8) is 0 Å². The quantitative estimate of drug-likeness (QED) is 0.0953. The number of β-lactam (4-membered cyclic amide) rings is 1. The smallest absolute Gasteiger partial charge is 0.336 e. The predicted molar refractivity (Wildman–Crippen MR) is 124 cm³/mol. The highest BCUT2D eigenvalue weighted by Gasteiger charge is 2.60. The van der Waals surface area contributed by atoms with Crippen LogP contribution in [0.15, 0.2) is 36.4 Å². The number of hydrogen-bond acceptors (Lipinski definition) is 9. The maximum absolute atomic E-state index is 12.8. The molecule has 2 amide bonds. The van der Waals surface area contributed by atoms with Crippen LogP contribution < -0.4 is 5.32 Å². The maximum atomic E-state index is 12.8. The number of nitro benzene ring substituents is 1. The Balaban J connectivity index is 2.13. The number of nitrogens with one attached hydrogen (secondary N) is 1. The number of ether oxygens (including phenoxy) is 2. The zero-order valence-electron chi connectivity index (χ0n) is 19.3. The normalized spacial score (nSPS) is 19.1. The number of nitro groups is 1. The molecule has 0 aliphatic carbocycles. The first kappa shape index (κ1) is 28.1. The Kier molecular flexibility index (Phi) is 8.87. The highest BCUT2D eigenvalue weighted by Crippen LogP contribution is 2.33. The highest BCUT2D eigenvalue weighted by molar-refractivity contribution is 8.14. The number of carbonyl (C=O) groups excluding carboxylic acids is 4. The molecular weight excluding hydrogens is 506 g/mol. The number of rotatable bonds is 9. The summed E-state index contributed by atoms with van der Waals surface area (Å²) >= 11 is 0. The van der Waals surface area contributed by atoms with Gasteiger partial charge in [0.25, 0.3) is 17.5 Å². The van der Waals surface area contributed by atoms with Crippen molar-refractivity contribution in [1.29, 1.82) is 0 Å². The van der Waals surface area contributed by atoms with Crippen molar-refractivity contribution in [1.82, 2.24) is 10.2 Å². The van der Waals surface area contributed by atoms with Gasteiger partial charge in [-0.25, -0.2) is 4.79 Å². The van der Waals surface area contributed by atoms with E-state index >= 15 is 0 Å². The standard InChI is InChI=1S/C21H24ClN3O9S/c1-11(2)15(19(28)33-10-34-20(29)21(3,4)5)24-17(27)14(18(24)35(22)32)23-16(26)12-6-8-13(9-7-12)25(30)31/h6-9,14-15,18H,1,10H2,2-5H3,(H,23,26). The van der Waals surface area contributed by atoms with Gasteiger partial charge in [-0.1, -0.05) is 6.58 Å². The third-order valence-electron chi connectivity index (χ3n) is 4.87. The minimum atomic E-state index is -2.23. The molecule has 190 valence electrons. The Hall–Kier alpha value is -3.16. The molecule has 0 spiro atoms. The molecule has 35 heavy (non-hydrogen) atoms. The van der Waals surface area contributed by atoms with E-state index in [0.29, 0.717) is 0 Å². The molecule has 1 aromatic carbocycles. The van der Waals surface area contributed by atoms with Gasteiger partial charge in [-0.05, 0) is 45.4 Å². The summed E-state index contributed by atoms with van der Waals surface area (Å²) in [5.41, 5.74) is -0.901. The van der Waals surface area contributed by atoms with Gasteiger partial charge in [0, 0.05) is 17.7 Å². The number of nitrogens with zero attached hydrogens (tertiary/aromatic N) is 2. The summed E-state index contributed by atoms with van der Waals surface area (Å²) in [5.74, 6) is -3.17. The van der Waals surface area contributed by atoms with Crippen LogP contribution in [-0.4, -0.2) is 62.4 Å². The molecule has 1 heterocycles. The molecule has 1 N–H and O–H groups in total. The molecule has 1 fully saturated rings. The zero-order valence-corrected chi connectivity index (χ0v) is 20.9. The molecule has 2 rings (SSSR count). The fourth-order valence-electron chi connectivity index (χ4n) is 3.04. The van der Waals surface area contributed by atoms with Crippen LogP contribution in [0.25, 0.3) is 0 Å². The number of benzene rings is 1. The first-order chi connectivity index (χ1) is 16.2. The summed E-state index contributed by atoms with van der Waals surface area (Å²) in [6.45, 7) is 9.20. The lowest BCUT2D eigenvalue weighted by molar-refractivity contribution is -0.384. The molecule has 1 saturated heterocycles. The lowest BCUT2D eigenvalue weighted by Crippen LogP contribution is -2.75. The van der Waals surface area contributed by atoms with Crippen LogP contribution in [0.1, 0.15) is 38.1 Å². The van der Waals surface area contributed by atoms with Crippen molar-refractivity contribution in [3.8, 4) is 0 Å². The second-order valence-corrected chi connectivity index (χ2v) is 10.5. The topological polar surface area (TPSA) is 168 Å². The van der Waals surface area contributed by atoms with E-state index in [-0.39, 0.29) is 16.8 Å². The van der Waals surface area contributed by atoms with Crippen LogP contribution in [0.5, 0.6) is 0 Å². The molecule has 1 aromatic rings. The van der Waals surface area contributed by atoms with Crippen molar-refractivity contribution < 1.29 is 38.1 Å². The lowest BCUT2D eigenvalue weighted by atomic mass is 9.98. The minimum absolute atomic E-state index is 0.0116. The van der Waals surface area contributed by atoms with Crippen molar-refractivity contribution in [2.45, 2.75) is 45.2 Å². The van der Waals surface area contributed by atoms with Crippen LogP contribution >= 0.6 is 10.7 Å². The third kappa shape index (κ3) is 6.50. The molecule has 0 radical (unpaired) electrons. The fraction of sp³-hybridized carbons (Fsp3) is 0.429. The van der Waals surface area contributed by atoms with Gasteiger partial charge in [0.1, 0.15) is 0 Å². The molecule has 1 aliphatic rings. The molecule has 0 aromatic heterocycles. The van der Waals surface area contributed by atoms with Crippen LogP contribution in [0.3, 0.4) is 0 Å². The largest absolute Gasteiger partial charge is 0.597 e. The molecule has 1 aliphatic heterocycles. The summed E-state index contributed by atoms with van der Waals surface area (Å²) in [6.07, 6.45) is 0. The summed E-state index contributed by atoms with van der Waals surface area (Å²) in [5, 5.41) is 11.8. The Morgan fingerprint density at radius 2 is 1.83 bits per heavy atom. The Labute approximate surface area is 208 Å². The summed E-state index contributed by atoms with van der Waals surface area (Å²) in [4.78, 5) is 60.9. The van der Waals surface area contributed by atoms with E-state index in [1.54, 1.807) is 20.8 Å². The van der Waals surface area contributed by atoms with E-state index in [4.69, 9.17) is 20.2 Å². The van der Waals surface area contributed by atoms with Crippen molar-refractivity contribution >= 4 is 50.5 Å². The highest BCUT2D eigenvalue weighted by atomic mass is 35.7. The average Bonchev–Trinajstić information content (AvgIpc) is 2.76. The second kappa shape index (κ2) is 11.1. The molecule has 4 unspecified atom stereocenters. The van der Waals surface area contributed by atoms with Crippen LogP contribution in [-0.2, 0) is 34.2 Å². The first-order valence-corrected chi connectivity index (χ1v) is 12.1. The molecule has 0 bridgehead atoms. The Bertz CT molecular complexity index is 1040. The van der Waals surface area contributed by atoms with E-state index in [9.17, 15) is 33.8 Å². The van der Waals surface area contributed by atoms with Gasteiger partial charge in [-0.3, -0.25) is 29.4 Å². The number of likely N-dealkylation sites (tertiary alicyclic amines) is 1. The second-order valence-electron chi connectivity index (χ2n) is 8.65. The summed E-state index contributed by atoms with van der Waals surface area (Å²) < 4.78 is 22.0. The lowest BCUT2D eigenvalue weighted by Gasteiger charge is -2.46. The van der Waals surface area contributed by atoms with E-state index in [2.05, 4.69) is 11.9 Å². The molecule has 14 heteroatoms. The number of amides is 2. The average molecular weight is 530 g/mol. The minimum Gasteiger partial charge on any atom is -0.597 e. The Morgan fingerprint density at radius 1 is 1.26 bits per heavy atom. The van der Waals surface area contributed by atoms with Crippen LogP contribution in [0.2, 0.25) is 0 Å². The molecular formula is C21H24ClN3O9S. The van der Waals surface area contributed by atoms with Gasteiger partial charge in [0.15, 0.2) is 22.8 Å². The van der Waals surface area contributed by atoms with Gasteiger partial charge < -0.3 is 19.3 Å². The zero-order chi connectivity index (χ0) is 26.7. The third-order valence-corrected chi connectivity index (χ3v) is 6.30. The van der Waals surface area contributed by atoms with Gasteiger partial charge in [-0.15, -0.1) is 0 Å². The van der Waals surface area contributed by atoms with Gasteiger partial charge >= 0.3 is 11.9 Å². The number of carbonyl (C=O) groups is 4. The monoisotopic (exact) mass is 529 g/mol. The van der Waals surface area contributed by atoms with Crippen LogP contribution in [0, 0.1) is 15.5 Å². The molecule has 12 nitrogen and oxygen atoms in total. The van der Waals surface area contributed by atoms with Crippen LogP contribution in [0.4, 0.5) is 5.69 Å².